The van der Waals surface area contributed by atoms with Gasteiger partial charge in [-0.05, 0) is 49.4 Å². The van der Waals surface area contributed by atoms with E-state index >= 15 is 0 Å². The van der Waals surface area contributed by atoms with Crippen LogP contribution in [0, 0.1) is 24.2 Å². The van der Waals surface area contributed by atoms with Crippen molar-refractivity contribution in [1.29, 1.82) is 5.41 Å². The molecule has 3 aromatic rings. The molecule has 39 heavy (non-hydrogen) atoms. The maximum Gasteiger partial charge on any atom is 0.416 e. The minimum absolute atomic E-state index is 0.102. The molecule has 0 bridgehead atoms. The Bertz CT molecular complexity index is 1430. The largest absolute Gasteiger partial charge is 0.457 e. The number of hydrogen-bond acceptors (Lipinski definition) is 5. The monoisotopic (exact) mass is 538 g/mol. The average Bonchev–Trinajstić information content (AvgIpc) is 3.21. The van der Waals surface area contributed by atoms with Gasteiger partial charge in [-0.1, -0.05) is 24.0 Å². The summed E-state index contributed by atoms with van der Waals surface area (Å²) in [5.41, 5.74) is 7.96. The zero-order valence-corrected chi connectivity index (χ0v) is 22.5. The fourth-order valence-electron chi connectivity index (χ4n) is 4.63. The summed E-state index contributed by atoms with van der Waals surface area (Å²) < 4.78 is 49.6. The second-order valence-corrected chi connectivity index (χ2v) is 9.77. The quantitative estimate of drug-likeness (QED) is 0.243. The summed E-state index contributed by atoms with van der Waals surface area (Å²) in [6.07, 6.45) is -2.71. The molecular formula is C29H33F3N6O. The van der Waals surface area contributed by atoms with Crippen molar-refractivity contribution in [2.75, 3.05) is 45.6 Å². The van der Waals surface area contributed by atoms with Crippen LogP contribution in [0.5, 0.6) is 11.5 Å². The molecule has 0 radical (unpaired) electrons. The molecule has 0 atom stereocenters. The van der Waals surface area contributed by atoms with E-state index in [4.69, 9.17) is 15.9 Å². The Morgan fingerprint density at radius 1 is 1.03 bits per heavy atom. The van der Waals surface area contributed by atoms with E-state index in [2.05, 4.69) is 22.1 Å². The van der Waals surface area contributed by atoms with Crippen LogP contribution in [-0.2, 0) is 19.8 Å². The van der Waals surface area contributed by atoms with Gasteiger partial charge in [-0.25, -0.2) is 0 Å². The average molecular weight is 539 g/mol. The summed E-state index contributed by atoms with van der Waals surface area (Å²) in [6.45, 7) is 5.25. The molecule has 0 amide bonds. The zero-order valence-electron chi connectivity index (χ0n) is 22.5. The number of hydrogen-bond donors (Lipinski definition) is 3. The first-order chi connectivity index (χ1) is 18.5. The number of alkyl halides is 3. The highest BCUT2D eigenvalue weighted by molar-refractivity contribution is 6.02. The highest BCUT2D eigenvalue weighted by Crippen LogP contribution is 2.36. The van der Waals surface area contributed by atoms with Crippen LogP contribution in [0.4, 0.5) is 19.0 Å². The van der Waals surface area contributed by atoms with E-state index in [0.29, 0.717) is 28.3 Å². The second-order valence-electron chi connectivity index (χ2n) is 9.77. The summed E-state index contributed by atoms with van der Waals surface area (Å²) in [4.78, 5) is 4.21. The molecule has 4 rings (SSSR count). The lowest BCUT2D eigenvalue weighted by Crippen LogP contribution is -2.44. The topological polar surface area (TPSA) is 82.5 Å². The Hall–Kier alpha value is -3.94. The first kappa shape index (κ1) is 28.1. The van der Waals surface area contributed by atoms with Gasteiger partial charge in [0.1, 0.15) is 23.2 Å². The van der Waals surface area contributed by atoms with Crippen LogP contribution in [0.3, 0.4) is 0 Å². The van der Waals surface area contributed by atoms with Crippen LogP contribution < -0.4 is 15.8 Å². The number of nitrogen functional groups attached to an aromatic ring is 1. The highest BCUT2D eigenvalue weighted by atomic mass is 19.4. The molecule has 0 saturated carbocycles. The van der Waals surface area contributed by atoms with Gasteiger partial charge < -0.3 is 25.3 Å². The van der Waals surface area contributed by atoms with Crippen LogP contribution in [0.2, 0.25) is 0 Å². The van der Waals surface area contributed by atoms with Crippen molar-refractivity contribution >= 4 is 11.7 Å². The SMILES string of the molecule is CNc1c(C(=N)N)c(C#Cc2cc(Oc3ccc(CN4CCN(C)CC4)c(C(F)(F)F)c3)ccc2C)cn1C. The number of aromatic nitrogens is 1. The Morgan fingerprint density at radius 2 is 1.67 bits per heavy atom. The number of anilines is 1. The van der Waals surface area contributed by atoms with E-state index in [1.54, 1.807) is 36.0 Å². The summed E-state index contributed by atoms with van der Waals surface area (Å²) in [6, 6.07) is 9.36. The first-order valence-corrected chi connectivity index (χ1v) is 12.6. The maximum absolute atomic E-state index is 14.0. The number of amidine groups is 1. The number of likely N-dealkylation sites (N-methyl/N-ethyl adjacent to an activating group) is 1. The van der Waals surface area contributed by atoms with Crippen LogP contribution in [0.25, 0.3) is 0 Å². The minimum Gasteiger partial charge on any atom is -0.457 e. The van der Waals surface area contributed by atoms with Crippen LogP contribution in [0.1, 0.15) is 33.4 Å². The van der Waals surface area contributed by atoms with Gasteiger partial charge in [0.15, 0.2) is 0 Å². The molecule has 7 nitrogen and oxygen atoms in total. The molecule has 206 valence electrons. The summed E-state index contributed by atoms with van der Waals surface area (Å²) >= 11 is 0. The smallest absolute Gasteiger partial charge is 0.416 e. The summed E-state index contributed by atoms with van der Waals surface area (Å²) in [5.74, 6) is 7.22. The van der Waals surface area contributed by atoms with E-state index in [-0.39, 0.29) is 23.7 Å². The number of rotatable bonds is 6. The minimum atomic E-state index is -4.50. The van der Waals surface area contributed by atoms with Gasteiger partial charge in [-0.2, -0.15) is 13.2 Å². The fourth-order valence-corrected chi connectivity index (χ4v) is 4.63. The zero-order chi connectivity index (χ0) is 28.3. The fraction of sp³-hybridized carbons (Fsp3) is 0.345. The normalized spacial score (nSPS) is 14.5. The van der Waals surface area contributed by atoms with Gasteiger partial charge in [-0.3, -0.25) is 10.3 Å². The number of halogens is 3. The first-order valence-electron chi connectivity index (χ1n) is 12.6. The van der Waals surface area contributed by atoms with Crippen LogP contribution >= 0.6 is 0 Å². The number of ether oxygens (including phenoxy) is 1. The summed E-state index contributed by atoms with van der Waals surface area (Å²) in [5, 5.41) is 11.0. The molecule has 4 N–H and O–H groups in total. The second kappa shape index (κ2) is 11.4. The number of benzene rings is 2. The number of nitrogens with two attached hydrogens (primary N) is 1. The van der Waals surface area contributed by atoms with E-state index < -0.39 is 11.7 Å². The molecule has 0 aliphatic carbocycles. The molecule has 0 unspecified atom stereocenters. The van der Waals surface area contributed by atoms with Gasteiger partial charge in [0.25, 0.3) is 0 Å². The molecule has 2 aromatic carbocycles. The van der Waals surface area contributed by atoms with Crippen molar-refractivity contribution in [3.8, 4) is 23.3 Å². The Balaban J connectivity index is 1.59. The Kier molecular flexibility index (Phi) is 8.23. The van der Waals surface area contributed by atoms with Crippen LogP contribution in [0.15, 0.2) is 42.6 Å². The molecule has 1 aliphatic heterocycles. The highest BCUT2D eigenvalue weighted by Gasteiger charge is 2.34. The lowest BCUT2D eigenvalue weighted by Gasteiger charge is -2.32. The number of nitrogens with one attached hydrogen (secondary N) is 2. The van der Waals surface area contributed by atoms with E-state index in [1.807, 2.05) is 32.0 Å². The van der Waals surface area contributed by atoms with E-state index in [1.165, 1.54) is 6.07 Å². The lowest BCUT2D eigenvalue weighted by atomic mass is 10.1. The standard InChI is InChI=1S/C29H33F3N6O/c1-19-5-9-23(15-20(19)6-7-22-17-37(4)28(35-2)26(22)27(33)34)39-24-10-8-21(25(16-24)29(30,31)32)18-38-13-11-36(3)12-14-38/h5,8-10,15-17,35H,11-14,18H2,1-4H3,(H3,33,34). The van der Waals surface area contributed by atoms with Gasteiger partial charge in [0.2, 0.25) is 0 Å². The van der Waals surface area contributed by atoms with Crippen molar-refractivity contribution in [2.24, 2.45) is 12.8 Å². The summed E-state index contributed by atoms with van der Waals surface area (Å²) in [7, 11) is 5.58. The van der Waals surface area contributed by atoms with E-state index in [9.17, 15) is 13.2 Å². The molecular weight excluding hydrogens is 505 g/mol. The molecule has 0 spiro atoms. The molecule has 2 heterocycles. The Labute approximate surface area is 226 Å². The van der Waals surface area contributed by atoms with Crippen molar-refractivity contribution in [3.05, 3.63) is 76.0 Å². The number of piperazine rings is 1. The number of nitrogens with zero attached hydrogens (tertiary/aromatic N) is 3. The van der Waals surface area contributed by atoms with Crippen molar-refractivity contribution in [2.45, 2.75) is 19.6 Å². The lowest BCUT2D eigenvalue weighted by molar-refractivity contribution is -0.138. The van der Waals surface area contributed by atoms with Gasteiger partial charge in [0.05, 0.1) is 16.7 Å². The van der Waals surface area contributed by atoms with Crippen LogP contribution in [-0.4, -0.2) is 60.5 Å². The van der Waals surface area contributed by atoms with Gasteiger partial charge >= 0.3 is 6.18 Å². The maximum atomic E-state index is 14.0. The molecule has 1 aliphatic rings. The third-order valence-corrected chi connectivity index (χ3v) is 6.84. The third kappa shape index (κ3) is 6.56. The molecule has 1 fully saturated rings. The molecule has 1 aromatic heterocycles. The predicted molar refractivity (Wildman–Crippen MR) is 147 cm³/mol. The molecule has 1 saturated heterocycles. The van der Waals surface area contributed by atoms with Crippen molar-refractivity contribution in [3.63, 3.8) is 0 Å². The van der Waals surface area contributed by atoms with Crippen molar-refractivity contribution in [1.82, 2.24) is 14.4 Å². The van der Waals surface area contributed by atoms with Crippen molar-refractivity contribution < 1.29 is 17.9 Å². The van der Waals surface area contributed by atoms with Gasteiger partial charge in [0, 0.05) is 58.6 Å². The predicted octanol–water partition coefficient (Wildman–Crippen LogP) is 4.62. The Morgan fingerprint density at radius 3 is 2.31 bits per heavy atom. The number of aryl methyl sites for hydroxylation is 2. The molecule has 10 heteroatoms. The third-order valence-electron chi connectivity index (χ3n) is 6.84. The van der Waals surface area contributed by atoms with E-state index in [0.717, 1.165) is 37.8 Å². The van der Waals surface area contributed by atoms with Gasteiger partial charge in [-0.15, -0.1) is 0 Å².